The number of pyridine rings is 1. The van der Waals surface area contributed by atoms with E-state index in [1.165, 1.54) is 13.2 Å². The molecule has 1 fully saturated rings. The molecule has 1 aliphatic rings. The summed E-state index contributed by atoms with van der Waals surface area (Å²) >= 11 is 0. The summed E-state index contributed by atoms with van der Waals surface area (Å²) in [4.78, 5) is 3.39. The third-order valence-corrected chi connectivity index (χ3v) is 3.46. The topological polar surface area (TPSA) is 45.9 Å². The van der Waals surface area contributed by atoms with Crippen LogP contribution in [0.1, 0.15) is 31.0 Å². The van der Waals surface area contributed by atoms with E-state index >= 15 is 0 Å². The Labute approximate surface area is 109 Å². The van der Waals surface area contributed by atoms with Crippen LogP contribution in [0.2, 0.25) is 0 Å². The van der Waals surface area contributed by atoms with Crippen LogP contribution in [0.4, 0.5) is 13.2 Å². The van der Waals surface area contributed by atoms with E-state index in [0.717, 1.165) is 6.07 Å². The molecule has 0 bridgehead atoms. The number of ether oxygens (including phenoxy) is 1. The van der Waals surface area contributed by atoms with Gasteiger partial charge in [-0.3, -0.25) is 0 Å². The fourth-order valence-corrected chi connectivity index (χ4v) is 2.55. The zero-order valence-electron chi connectivity index (χ0n) is 10.6. The second-order valence-corrected chi connectivity index (χ2v) is 4.99. The lowest BCUT2D eigenvalue weighted by atomic mass is 9.60. The van der Waals surface area contributed by atoms with Crippen molar-refractivity contribution in [1.82, 2.24) is 4.98 Å². The fraction of sp³-hybridized carbons (Fsp3) is 0.538. The van der Waals surface area contributed by atoms with Gasteiger partial charge in [0.1, 0.15) is 5.69 Å². The molecule has 1 aromatic heterocycles. The number of nitriles is 1. The number of hydrogen-bond donors (Lipinski definition) is 0. The van der Waals surface area contributed by atoms with Gasteiger partial charge in [-0.25, -0.2) is 4.98 Å². The number of rotatable bonds is 2. The predicted octanol–water partition coefficient (Wildman–Crippen LogP) is 3.30. The molecule has 1 aliphatic carbocycles. The minimum absolute atomic E-state index is 0.112. The Bertz CT molecular complexity index is 528. The van der Waals surface area contributed by atoms with Gasteiger partial charge in [0.05, 0.1) is 18.6 Å². The van der Waals surface area contributed by atoms with Crippen LogP contribution in [0.15, 0.2) is 12.1 Å². The van der Waals surface area contributed by atoms with Crippen LogP contribution in [-0.2, 0) is 11.6 Å². The molecule has 0 unspecified atom stereocenters. The minimum atomic E-state index is -4.55. The molecule has 1 heterocycles. The monoisotopic (exact) mass is 270 g/mol. The van der Waals surface area contributed by atoms with E-state index in [4.69, 9.17) is 4.74 Å². The number of methoxy groups -OCH3 is 1. The molecule has 3 nitrogen and oxygen atoms in total. The van der Waals surface area contributed by atoms with Crippen LogP contribution < -0.4 is 4.74 Å². The average Bonchev–Trinajstić information content (AvgIpc) is 2.33. The lowest BCUT2D eigenvalue weighted by molar-refractivity contribution is -0.141. The lowest BCUT2D eigenvalue weighted by Crippen LogP contribution is -2.39. The minimum Gasteiger partial charge on any atom is -0.481 e. The maximum atomic E-state index is 12.8. The van der Waals surface area contributed by atoms with E-state index in [-0.39, 0.29) is 5.88 Å². The first-order valence-electron chi connectivity index (χ1n) is 5.86. The van der Waals surface area contributed by atoms with Gasteiger partial charge in [0.25, 0.3) is 0 Å². The van der Waals surface area contributed by atoms with Gasteiger partial charge in [0, 0.05) is 6.07 Å². The molecule has 102 valence electrons. The van der Waals surface area contributed by atoms with E-state index in [1.807, 2.05) is 6.92 Å². The summed E-state index contributed by atoms with van der Waals surface area (Å²) in [6.07, 6.45) is -3.42. The van der Waals surface area contributed by atoms with E-state index in [1.54, 1.807) is 0 Å². The first-order chi connectivity index (χ1) is 8.80. The molecule has 0 spiro atoms. The molecule has 1 saturated carbocycles. The summed E-state index contributed by atoms with van der Waals surface area (Å²) in [5, 5.41) is 9.27. The smallest absolute Gasteiger partial charge is 0.433 e. The normalized spacial score (nSPS) is 26.4. The van der Waals surface area contributed by atoms with Gasteiger partial charge >= 0.3 is 6.18 Å². The van der Waals surface area contributed by atoms with Crippen LogP contribution in [-0.4, -0.2) is 12.1 Å². The average molecular weight is 270 g/mol. The summed E-state index contributed by atoms with van der Waals surface area (Å²) in [5.41, 5.74) is -1.52. The van der Waals surface area contributed by atoms with Crippen molar-refractivity contribution >= 4 is 0 Å². The third-order valence-electron chi connectivity index (χ3n) is 3.46. The van der Waals surface area contributed by atoms with Crippen molar-refractivity contribution in [2.45, 2.75) is 31.4 Å². The van der Waals surface area contributed by atoms with E-state index in [9.17, 15) is 18.4 Å². The van der Waals surface area contributed by atoms with Crippen molar-refractivity contribution in [3.63, 3.8) is 0 Å². The van der Waals surface area contributed by atoms with Gasteiger partial charge < -0.3 is 4.74 Å². The molecule has 0 atom stereocenters. The summed E-state index contributed by atoms with van der Waals surface area (Å²) in [5.74, 6) is 0.229. The molecule has 0 radical (unpaired) electrons. The molecule has 6 heteroatoms. The molecule has 2 rings (SSSR count). The van der Waals surface area contributed by atoms with E-state index in [2.05, 4.69) is 11.1 Å². The Morgan fingerprint density at radius 2 is 2.05 bits per heavy atom. The second-order valence-electron chi connectivity index (χ2n) is 4.99. The zero-order valence-corrected chi connectivity index (χ0v) is 10.6. The molecule has 0 aliphatic heterocycles. The van der Waals surface area contributed by atoms with Crippen molar-refractivity contribution in [3.05, 3.63) is 23.4 Å². The van der Waals surface area contributed by atoms with Crippen molar-refractivity contribution in [1.29, 1.82) is 5.26 Å². The summed E-state index contributed by atoms with van der Waals surface area (Å²) in [6.45, 7) is 1.97. The summed E-state index contributed by atoms with van der Waals surface area (Å²) < 4.78 is 43.1. The van der Waals surface area contributed by atoms with Gasteiger partial charge in [-0.2, -0.15) is 18.4 Å². The highest BCUT2D eigenvalue weighted by Crippen LogP contribution is 2.48. The lowest BCUT2D eigenvalue weighted by Gasteiger charge is -2.41. The second kappa shape index (κ2) is 4.41. The molecule has 0 amide bonds. The van der Waals surface area contributed by atoms with Gasteiger partial charge in [-0.15, -0.1) is 0 Å². The number of alkyl halides is 3. The van der Waals surface area contributed by atoms with E-state index < -0.39 is 17.3 Å². The number of aromatic nitrogens is 1. The van der Waals surface area contributed by atoms with Gasteiger partial charge in [-0.05, 0) is 30.4 Å². The van der Waals surface area contributed by atoms with Gasteiger partial charge in [0.15, 0.2) is 0 Å². The van der Waals surface area contributed by atoms with Crippen LogP contribution in [0.3, 0.4) is 0 Å². The molecular weight excluding hydrogens is 257 g/mol. The van der Waals surface area contributed by atoms with Crippen molar-refractivity contribution in [2.75, 3.05) is 7.11 Å². The Kier molecular flexibility index (Phi) is 3.17. The van der Waals surface area contributed by atoms with Crippen LogP contribution in [0.25, 0.3) is 0 Å². The highest BCUT2D eigenvalue weighted by Gasteiger charge is 2.45. The van der Waals surface area contributed by atoms with Crippen LogP contribution in [0.5, 0.6) is 5.88 Å². The summed E-state index contributed by atoms with van der Waals surface area (Å²) in [6, 6.07) is 4.52. The molecular formula is C13H13F3N2O. The maximum Gasteiger partial charge on any atom is 0.433 e. The number of nitrogens with zero attached hydrogens (tertiary/aromatic N) is 2. The fourth-order valence-electron chi connectivity index (χ4n) is 2.55. The van der Waals surface area contributed by atoms with Crippen molar-refractivity contribution < 1.29 is 17.9 Å². The molecule has 0 aromatic carbocycles. The van der Waals surface area contributed by atoms with Crippen molar-refractivity contribution in [2.24, 2.45) is 5.92 Å². The zero-order chi connectivity index (χ0) is 14.3. The van der Waals surface area contributed by atoms with E-state index in [0.29, 0.717) is 24.3 Å². The highest BCUT2D eigenvalue weighted by atomic mass is 19.4. The van der Waals surface area contributed by atoms with Gasteiger partial charge in [-0.1, -0.05) is 6.92 Å². The highest BCUT2D eigenvalue weighted by molar-refractivity contribution is 5.40. The Hall–Kier alpha value is -1.77. The Balaban J connectivity index is 2.49. The molecule has 0 saturated heterocycles. The standard InChI is InChI=1S/C13H13F3N2O/c1-8-5-12(6-8,7-17)9-3-10(13(14,15)16)18-11(4-9)19-2/h3-4,8H,5-6H2,1-2H3. The van der Waals surface area contributed by atoms with Crippen LogP contribution >= 0.6 is 0 Å². The van der Waals surface area contributed by atoms with Gasteiger partial charge in [0.2, 0.25) is 5.88 Å². The SMILES string of the molecule is COc1cc(C2(C#N)CC(C)C2)cc(C(F)(F)F)n1. The Morgan fingerprint density at radius 3 is 2.47 bits per heavy atom. The maximum absolute atomic E-state index is 12.8. The third kappa shape index (κ3) is 2.37. The molecule has 0 N–H and O–H groups in total. The largest absolute Gasteiger partial charge is 0.481 e. The first kappa shape index (κ1) is 13.7. The predicted molar refractivity (Wildman–Crippen MR) is 61.5 cm³/mol. The molecule has 19 heavy (non-hydrogen) atoms. The van der Waals surface area contributed by atoms with Crippen LogP contribution in [0, 0.1) is 17.2 Å². The Morgan fingerprint density at radius 1 is 1.42 bits per heavy atom. The number of halogens is 3. The summed E-state index contributed by atoms with van der Waals surface area (Å²) in [7, 11) is 1.26. The quantitative estimate of drug-likeness (QED) is 0.828. The van der Waals surface area contributed by atoms with Crippen molar-refractivity contribution in [3.8, 4) is 11.9 Å². The molecule has 1 aromatic rings. The number of hydrogen-bond acceptors (Lipinski definition) is 3. The first-order valence-corrected chi connectivity index (χ1v) is 5.86.